The minimum absolute atomic E-state index is 0.245. The molecule has 0 amide bonds. The summed E-state index contributed by atoms with van der Waals surface area (Å²) in [5, 5.41) is 0. The van der Waals surface area contributed by atoms with Crippen molar-refractivity contribution in [1.82, 2.24) is 0 Å². The van der Waals surface area contributed by atoms with Gasteiger partial charge in [0.1, 0.15) is 11.6 Å². The second-order valence-electron chi connectivity index (χ2n) is 3.94. The van der Waals surface area contributed by atoms with Crippen LogP contribution in [0.3, 0.4) is 0 Å². The summed E-state index contributed by atoms with van der Waals surface area (Å²) >= 11 is 0. The Hall–Kier alpha value is -2.01. The molecule has 0 aliphatic heterocycles. The van der Waals surface area contributed by atoms with Crippen LogP contribution in [-0.2, 0) is 6.42 Å². The Bertz CT molecular complexity index is 587. The van der Waals surface area contributed by atoms with E-state index in [4.69, 9.17) is 10.5 Å². The summed E-state index contributed by atoms with van der Waals surface area (Å²) in [5.41, 5.74) is 5.92. The zero-order chi connectivity index (χ0) is 13.8. The minimum Gasteiger partial charge on any atom is -0.454 e. The second-order valence-corrected chi connectivity index (χ2v) is 3.94. The lowest BCUT2D eigenvalue weighted by Crippen LogP contribution is -2.05. The summed E-state index contributed by atoms with van der Waals surface area (Å²) in [4.78, 5) is 0. The van der Waals surface area contributed by atoms with Gasteiger partial charge in [-0.2, -0.15) is 4.39 Å². The van der Waals surface area contributed by atoms with Crippen molar-refractivity contribution < 1.29 is 17.9 Å². The lowest BCUT2D eigenvalue weighted by molar-refractivity contribution is 0.412. The zero-order valence-electron chi connectivity index (χ0n) is 10.00. The van der Waals surface area contributed by atoms with Crippen LogP contribution in [0.25, 0.3) is 0 Å². The lowest BCUT2D eigenvalue weighted by atomic mass is 10.1. The first kappa shape index (κ1) is 13.4. The van der Waals surface area contributed by atoms with Crippen molar-refractivity contribution in [2.75, 3.05) is 6.54 Å². The first-order valence-electron chi connectivity index (χ1n) is 5.72. The fourth-order valence-corrected chi connectivity index (χ4v) is 1.68. The molecule has 0 aliphatic rings. The topological polar surface area (TPSA) is 35.2 Å². The fraction of sp³-hybridized carbons (Fsp3) is 0.143. The molecule has 5 heteroatoms. The van der Waals surface area contributed by atoms with Gasteiger partial charge in [0, 0.05) is 0 Å². The van der Waals surface area contributed by atoms with Gasteiger partial charge in [-0.05, 0) is 48.9 Å². The molecule has 0 fully saturated rings. The number of benzene rings is 2. The number of hydrogen-bond acceptors (Lipinski definition) is 2. The number of halogens is 3. The third-order valence-corrected chi connectivity index (χ3v) is 2.57. The van der Waals surface area contributed by atoms with E-state index in [0.29, 0.717) is 18.5 Å². The average molecular weight is 267 g/mol. The third kappa shape index (κ3) is 3.06. The molecule has 0 atom stereocenters. The number of nitrogens with two attached hydrogens (primary N) is 1. The Labute approximate surface area is 108 Å². The van der Waals surface area contributed by atoms with Crippen LogP contribution in [0.15, 0.2) is 36.4 Å². The summed E-state index contributed by atoms with van der Waals surface area (Å²) in [6.45, 7) is 0.297. The first-order valence-corrected chi connectivity index (χ1v) is 5.72. The van der Waals surface area contributed by atoms with Gasteiger partial charge in [0.25, 0.3) is 0 Å². The molecule has 0 saturated carbocycles. The van der Waals surface area contributed by atoms with Gasteiger partial charge in [-0.15, -0.1) is 0 Å². The summed E-state index contributed by atoms with van der Waals surface area (Å²) in [7, 11) is 0. The molecule has 2 N–H and O–H groups in total. The van der Waals surface area contributed by atoms with Crippen molar-refractivity contribution in [2.45, 2.75) is 6.42 Å². The Morgan fingerprint density at radius 2 is 1.79 bits per heavy atom. The van der Waals surface area contributed by atoms with E-state index in [0.717, 1.165) is 6.07 Å². The molecule has 0 heterocycles. The second kappa shape index (κ2) is 5.75. The van der Waals surface area contributed by atoms with Crippen molar-refractivity contribution in [3.05, 3.63) is 59.4 Å². The Morgan fingerprint density at radius 3 is 2.53 bits per heavy atom. The maximum Gasteiger partial charge on any atom is 0.201 e. The molecule has 2 aromatic rings. The molecular formula is C14H12F3NO. The molecule has 2 rings (SSSR count). The molecule has 0 unspecified atom stereocenters. The van der Waals surface area contributed by atoms with Gasteiger partial charge in [0.2, 0.25) is 5.82 Å². The van der Waals surface area contributed by atoms with Gasteiger partial charge in [-0.3, -0.25) is 0 Å². The molecular weight excluding hydrogens is 255 g/mol. The molecule has 2 aromatic carbocycles. The van der Waals surface area contributed by atoms with E-state index in [2.05, 4.69) is 0 Å². The Morgan fingerprint density at radius 1 is 1.00 bits per heavy atom. The van der Waals surface area contributed by atoms with Crippen LogP contribution in [0.1, 0.15) is 5.56 Å². The highest BCUT2D eigenvalue weighted by molar-refractivity contribution is 5.39. The van der Waals surface area contributed by atoms with E-state index >= 15 is 0 Å². The van der Waals surface area contributed by atoms with Gasteiger partial charge in [-0.1, -0.05) is 6.07 Å². The molecule has 0 bridgehead atoms. The molecule has 0 aliphatic carbocycles. The Kier molecular flexibility index (Phi) is 4.06. The highest BCUT2D eigenvalue weighted by Crippen LogP contribution is 2.29. The first-order chi connectivity index (χ1) is 9.11. The molecule has 0 aromatic heterocycles. The van der Waals surface area contributed by atoms with Crippen LogP contribution in [0.2, 0.25) is 0 Å². The molecule has 100 valence electrons. The van der Waals surface area contributed by atoms with Crippen molar-refractivity contribution in [1.29, 1.82) is 0 Å². The predicted molar refractivity (Wildman–Crippen MR) is 65.6 cm³/mol. The summed E-state index contributed by atoms with van der Waals surface area (Å²) in [5.74, 6) is -2.50. The summed E-state index contributed by atoms with van der Waals surface area (Å²) in [6.07, 6.45) is 0.379. The van der Waals surface area contributed by atoms with E-state index < -0.39 is 17.5 Å². The van der Waals surface area contributed by atoms with Crippen LogP contribution in [0.4, 0.5) is 13.2 Å². The average Bonchev–Trinajstić information content (AvgIpc) is 2.38. The van der Waals surface area contributed by atoms with E-state index in [1.165, 1.54) is 30.3 Å². The quantitative estimate of drug-likeness (QED) is 0.921. The van der Waals surface area contributed by atoms with Gasteiger partial charge in [0.15, 0.2) is 11.6 Å². The number of rotatable bonds is 4. The van der Waals surface area contributed by atoms with E-state index in [1.54, 1.807) is 0 Å². The van der Waals surface area contributed by atoms with E-state index in [-0.39, 0.29) is 11.5 Å². The van der Waals surface area contributed by atoms with Gasteiger partial charge in [-0.25, -0.2) is 8.78 Å². The highest BCUT2D eigenvalue weighted by atomic mass is 19.2. The maximum absolute atomic E-state index is 13.5. The van der Waals surface area contributed by atoms with Crippen LogP contribution >= 0.6 is 0 Å². The molecule has 0 saturated heterocycles. The predicted octanol–water partition coefficient (Wildman–Crippen LogP) is 3.40. The number of ether oxygens (including phenoxy) is 1. The van der Waals surface area contributed by atoms with Crippen molar-refractivity contribution in [3.8, 4) is 11.5 Å². The highest BCUT2D eigenvalue weighted by Gasteiger charge is 2.12. The largest absolute Gasteiger partial charge is 0.454 e. The molecule has 0 spiro atoms. The number of hydrogen-bond donors (Lipinski definition) is 1. The van der Waals surface area contributed by atoms with Crippen LogP contribution in [0.5, 0.6) is 11.5 Å². The molecule has 0 radical (unpaired) electrons. The Balaban J connectivity index is 2.35. The molecule has 19 heavy (non-hydrogen) atoms. The van der Waals surface area contributed by atoms with Gasteiger partial charge < -0.3 is 10.5 Å². The van der Waals surface area contributed by atoms with Gasteiger partial charge >= 0.3 is 0 Å². The monoisotopic (exact) mass is 267 g/mol. The van der Waals surface area contributed by atoms with Crippen LogP contribution in [-0.4, -0.2) is 6.54 Å². The van der Waals surface area contributed by atoms with E-state index in [1.807, 2.05) is 0 Å². The van der Waals surface area contributed by atoms with Crippen molar-refractivity contribution >= 4 is 0 Å². The normalized spacial score (nSPS) is 10.5. The fourth-order valence-electron chi connectivity index (χ4n) is 1.68. The lowest BCUT2D eigenvalue weighted by Gasteiger charge is -2.11. The molecule has 2 nitrogen and oxygen atoms in total. The van der Waals surface area contributed by atoms with Crippen LogP contribution in [0, 0.1) is 17.5 Å². The SMILES string of the molecule is NCCc1cc(F)ccc1Oc1cccc(F)c1F. The van der Waals surface area contributed by atoms with Crippen LogP contribution < -0.4 is 10.5 Å². The summed E-state index contributed by atoms with van der Waals surface area (Å²) in [6, 6.07) is 7.44. The third-order valence-electron chi connectivity index (χ3n) is 2.57. The van der Waals surface area contributed by atoms with Crippen molar-refractivity contribution in [2.24, 2.45) is 5.73 Å². The smallest absolute Gasteiger partial charge is 0.201 e. The minimum atomic E-state index is -1.08. The summed E-state index contributed by atoms with van der Waals surface area (Å²) < 4.78 is 45.0. The van der Waals surface area contributed by atoms with Crippen molar-refractivity contribution in [3.63, 3.8) is 0 Å². The zero-order valence-corrected chi connectivity index (χ0v) is 10.00. The van der Waals surface area contributed by atoms with Gasteiger partial charge in [0.05, 0.1) is 0 Å². The standard InChI is InChI=1S/C14H12F3NO/c15-10-4-5-12(9(8-10)6-7-18)19-13-3-1-2-11(16)14(13)17/h1-5,8H,6-7,18H2. The van der Waals surface area contributed by atoms with E-state index in [9.17, 15) is 13.2 Å². The maximum atomic E-state index is 13.5.